The molecular formula is C15H21FN2O. The van der Waals surface area contributed by atoms with Crippen molar-refractivity contribution in [3.8, 4) is 5.75 Å². The first-order chi connectivity index (χ1) is 9.11. The molecule has 0 bridgehead atoms. The number of anilines is 1. The minimum absolute atomic E-state index is 0.114. The number of hydrogen-bond acceptors (Lipinski definition) is 3. The van der Waals surface area contributed by atoms with Crippen LogP contribution in [0.3, 0.4) is 0 Å². The van der Waals surface area contributed by atoms with Gasteiger partial charge in [0.05, 0.1) is 7.11 Å². The number of halogens is 1. The summed E-state index contributed by atoms with van der Waals surface area (Å²) in [4.78, 5) is 2.36. The van der Waals surface area contributed by atoms with Crippen LogP contribution in [0.25, 0.3) is 0 Å². The number of nitrogens with zero attached hydrogens (tertiary/aromatic N) is 1. The summed E-state index contributed by atoms with van der Waals surface area (Å²) in [7, 11) is 1.51. The van der Waals surface area contributed by atoms with Gasteiger partial charge in [-0.2, -0.15) is 0 Å². The second kappa shape index (κ2) is 4.67. The van der Waals surface area contributed by atoms with E-state index in [1.165, 1.54) is 20.0 Å². The first kappa shape index (κ1) is 12.7. The van der Waals surface area contributed by atoms with Gasteiger partial charge in [0.1, 0.15) is 0 Å². The molecule has 1 fully saturated rings. The van der Waals surface area contributed by atoms with Gasteiger partial charge in [0, 0.05) is 36.3 Å². The third-order valence-electron chi connectivity index (χ3n) is 4.37. The Balaban J connectivity index is 2.05. The van der Waals surface area contributed by atoms with Gasteiger partial charge in [0.2, 0.25) is 0 Å². The van der Waals surface area contributed by atoms with Crippen molar-refractivity contribution in [1.82, 2.24) is 0 Å². The van der Waals surface area contributed by atoms with Crippen molar-refractivity contribution >= 4 is 5.69 Å². The number of benzene rings is 1. The Morgan fingerprint density at radius 2 is 2.26 bits per heavy atom. The molecule has 1 saturated carbocycles. The van der Waals surface area contributed by atoms with Crippen LogP contribution in [0.2, 0.25) is 0 Å². The van der Waals surface area contributed by atoms with Gasteiger partial charge in [-0.3, -0.25) is 0 Å². The fourth-order valence-corrected chi connectivity index (χ4v) is 3.66. The predicted octanol–water partition coefficient (Wildman–Crippen LogP) is 2.64. The average Bonchev–Trinajstić information content (AvgIpc) is 2.92. The number of ether oxygens (including phenoxy) is 1. The SMILES string of the molecule is COc1cc2c(cc1F)[C@H]1CCC[C@H]1N2C[C@H](C)N. The molecule has 1 aliphatic carbocycles. The summed E-state index contributed by atoms with van der Waals surface area (Å²) in [5, 5.41) is 0. The highest BCUT2D eigenvalue weighted by Gasteiger charge is 2.42. The lowest BCUT2D eigenvalue weighted by Crippen LogP contribution is -2.40. The smallest absolute Gasteiger partial charge is 0.165 e. The standard InChI is InChI=1S/C15H21FN2O/c1-9(17)8-18-13-5-3-4-10(13)11-6-12(16)15(19-2)7-14(11)18/h6-7,9-10,13H,3-5,8,17H2,1-2H3/t9-,10+,13+/m0/s1. The van der Waals surface area contributed by atoms with Gasteiger partial charge in [-0.05, 0) is 31.4 Å². The number of hydrogen-bond donors (Lipinski definition) is 1. The quantitative estimate of drug-likeness (QED) is 0.912. The zero-order valence-electron chi connectivity index (χ0n) is 11.5. The molecule has 104 valence electrons. The van der Waals surface area contributed by atoms with Crippen molar-refractivity contribution in [3.05, 3.63) is 23.5 Å². The van der Waals surface area contributed by atoms with E-state index in [0.717, 1.165) is 24.2 Å². The van der Waals surface area contributed by atoms with E-state index in [1.807, 2.05) is 13.0 Å². The molecule has 2 N–H and O–H groups in total. The van der Waals surface area contributed by atoms with Crippen LogP contribution in [-0.2, 0) is 0 Å². The minimum Gasteiger partial charge on any atom is -0.494 e. The molecule has 4 heteroatoms. The van der Waals surface area contributed by atoms with Crippen LogP contribution < -0.4 is 15.4 Å². The Kier molecular flexibility index (Phi) is 3.13. The largest absolute Gasteiger partial charge is 0.494 e. The van der Waals surface area contributed by atoms with Crippen molar-refractivity contribution in [3.63, 3.8) is 0 Å². The van der Waals surface area contributed by atoms with Gasteiger partial charge in [-0.1, -0.05) is 6.42 Å². The maximum Gasteiger partial charge on any atom is 0.165 e. The van der Waals surface area contributed by atoms with E-state index < -0.39 is 0 Å². The van der Waals surface area contributed by atoms with Crippen LogP contribution in [0.15, 0.2) is 12.1 Å². The molecule has 1 aliphatic heterocycles. The lowest BCUT2D eigenvalue weighted by molar-refractivity contribution is 0.386. The number of methoxy groups -OCH3 is 1. The summed E-state index contributed by atoms with van der Waals surface area (Å²) >= 11 is 0. The van der Waals surface area contributed by atoms with E-state index in [-0.39, 0.29) is 11.9 Å². The summed E-state index contributed by atoms with van der Waals surface area (Å²) in [5.74, 6) is 0.539. The highest BCUT2D eigenvalue weighted by molar-refractivity contribution is 5.65. The Morgan fingerprint density at radius 3 is 2.95 bits per heavy atom. The van der Waals surface area contributed by atoms with Gasteiger partial charge >= 0.3 is 0 Å². The lowest BCUT2D eigenvalue weighted by Gasteiger charge is -2.28. The molecule has 1 aromatic rings. The van der Waals surface area contributed by atoms with E-state index in [4.69, 9.17) is 10.5 Å². The molecule has 0 amide bonds. The molecule has 1 aromatic carbocycles. The first-order valence-electron chi connectivity index (χ1n) is 7.01. The summed E-state index contributed by atoms with van der Waals surface area (Å²) in [6.45, 7) is 2.84. The fourth-order valence-electron chi connectivity index (χ4n) is 3.66. The van der Waals surface area contributed by atoms with E-state index in [2.05, 4.69) is 4.90 Å². The first-order valence-corrected chi connectivity index (χ1v) is 7.01. The van der Waals surface area contributed by atoms with E-state index >= 15 is 0 Å². The number of rotatable bonds is 3. The number of nitrogens with two attached hydrogens (primary N) is 1. The second-order valence-corrected chi connectivity index (χ2v) is 5.78. The highest BCUT2D eigenvalue weighted by atomic mass is 19.1. The molecule has 0 saturated heterocycles. The zero-order chi connectivity index (χ0) is 13.6. The molecule has 0 unspecified atom stereocenters. The molecule has 3 nitrogen and oxygen atoms in total. The number of fused-ring (bicyclic) bond motifs is 3. The van der Waals surface area contributed by atoms with E-state index in [9.17, 15) is 4.39 Å². The Morgan fingerprint density at radius 1 is 1.47 bits per heavy atom. The van der Waals surface area contributed by atoms with E-state index in [0.29, 0.717) is 17.7 Å². The van der Waals surface area contributed by atoms with Gasteiger partial charge in [0.15, 0.2) is 11.6 Å². The fraction of sp³-hybridized carbons (Fsp3) is 0.600. The zero-order valence-corrected chi connectivity index (χ0v) is 11.5. The summed E-state index contributed by atoms with van der Waals surface area (Å²) in [6.07, 6.45) is 3.55. The molecule has 19 heavy (non-hydrogen) atoms. The Labute approximate surface area is 113 Å². The summed E-state index contributed by atoms with van der Waals surface area (Å²) in [5.41, 5.74) is 8.22. The highest BCUT2D eigenvalue weighted by Crippen LogP contribution is 2.50. The molecular weight excluding hydrogens is 243 g/mol. The molecule has 2 aliphatic rings. The maximum absolute atomic E-state index is 13.9. The van der Waals surface area contributed by atoms with E-state index in [1.54, 1.807) is 6.07 Å². The Hall–Kier alpha value is -1.29. The van der Waals surface area contributed by atoms with Crippen molar-refractivity contribution < 1.29 is 9.13 Å². The van der Waals surface area contributed by atoms with Gasteiger partial charge in [-0.15, -0.1) is 0 Å². The van der Waals surface area contributed by atoms with Gasteiger partial charge in [-0.25, -0.2) is 4.39 Å². The maximum atomic E-state index is 13.9. The summed E-state index contributed by atoms with van der Waals surface area (Å²) < 4.78 is 19.0. The molecule has 0 aromatic heterocycles. The normalized spacial score (nSPS) is 26.2. The van der Waals surface area contributed by atoms with Crippen LogP contribution in [0.5, 0.6) is 5.75 Å². The van der Waals surface area contributed by atoms with Crippen LogP contribution >= 0.6 is 0 Å². The lowest BCUT2D eigenvalue weighted by atomic mass is 9.97. The Bertz CT molecular complexity index is 489. The topological polar surface area (TPSA) is 38.5 Å². The van der Waals surface area contributed by atoms with Crippen LogP contribution in [0.1, 0.15) is 37.7 Å². The van der Waals surface area contributed by atoms with Crippen LogP contribution in [-0.4, -0.2) is 25.7 Å². The van der Waals surface area contributed by atoms with Gasteiger partial charge < -0.3 is 15.4 Å². The molecule has 1 heterocycles. The van der Waals surface area contributed by atoms with Crippen molar-refractivity contribution in [2.75, 3.05) is 18.6 Å². The summed E-state index contributed by atoms with van der Waals surface area (Å²) in [6, 6.07) is 4.11. The van der Waals surface area contributed by atoms with Crippen LogP contribution in [0.4, 0.5) is 10.1 Å². The predicted molar refractivity (Wildman–Crippen MR) is 74.3 cm³/mol. The average molecular weight is 264 g/mol. The second-order valence-electron chi connectivity index (χ2n) is 5.78. The van der Waals surface area contributed by atoms with Crippen LogP contribution in [0, 0.1) is 5.82 Å². The van der Waals surface area contributed by atoms with Crippen molar-refractivity contribution in [2.45, 2.75) is 44.2 Å². The van der Waals surface area contributed by atoms with Crippen molar-refractivity contribution in [2.24, 2.45) is 5.73 Å². The minimum atomic E-state index is -0.255. The molecule has 3 rings (SSSR count). The van der Waals surface area contributed by atoms with Crippen molar-refractivity contribution in [1.29, 1.82) is 0 Å². The monoisotopic (exact) mass is 264 g/mol. The third-order valence-corrected chi connectivity index (χ3v) is 4.37. The third kappa shape index (κ3) is 1.98. The van der Waals surface area contributed by atoms with Gasteiger partial charge in [0.25, 0.3) is 0 Å². The molecule has 3 atom stereocenters. The molecule has 0 spiro atoms. The molecule has 0 radical (unpaired) electrons.